The Bertz CT molecular complexity index is 1480. The van der Waals surface area contributed by atoms with E-state index in [2.05, 4.69) is 46.1 Å². The van der Waals surface area contributed by atoms with Crippen LogP contribution in [0.4, 0.5) is 17.3 Å². The van der Waals surface area contributed by atoms with E-state index in [0.717, 1.165) is 51.4 Å². The lowest BCUT2D eigenvalue weighted by atomic mass is 10.0. The van der Waals surface area contributed by atoms with Crippen LogP contribution in [0.3, 0.4) is 0 Å². The van der Waals surface area contributed by atoms with Crippen LogP contribution < -0.4 is 9.64 Å². The highest BCUT2D eigenvalue weighted by Crippen LogP contribution is 2.33. The summed E-state index contributed by atoms with van der Waals surface area (Å²) in [5.74, 6) is 1.88. The number of aliphatic imine (C=N–C) groups is 1. The van der Waals surface area contributed by atoms with Crippen molar-refractivity contribution in [2.75, 3.05) is 19.1 Å². The second-order valence-corrected chi connectivity index (χ2v) is 8.49. The Hall–Kier alpha value is -4.52. The molecule has 0 unspecified atom stereocenters. The standard InChI is InChI=1S/C29H28N6O/c1-5-20-18-30-26(36-4)17-23(20)35(3)25-16-24-28(31-19-34(24)2)29(32-25)33-27(21-12-8-6-9-13-21)22-14-10-7-11-15-22/h6-19H,5H2,1-4H3. The topological polar surface area (TPSA) is 68.4 Å². The highest BCUT2D eigenvalue weighted by Gasteiger charge is 2.18. The first kappa shape index (κ1) is 23.2. The van der Waals surface area contributed by atoms with E-state index in [1.54, 1.807) is 13.4 Å². The molecule has 0 radical (unpaired) electrons. The van der Waals surface area contributed by atoms with Crippen molar-refractivity contribution in [3.63, 3.8) is 0 Å². The molecule has 0 saturated heterocycles. The van der Waals surface area contributed by atoms with Gasteiger partial charge in [0.1, 0.15) is 11.3 Å². The number of hydrogen-bond acceptors (Lipinski definition) is 6. The third-order valence-electron chi connectivity index (χ3n) is 6.22. The molecule has 3 heterocycles. The van der Waals surface area contributed by atoms with Crippen molar-refractivity contribution in [2.24, 2.45) is 12.0 Å². The quantitative estimate of drug-likeness (QED) is 0.275. The van der Waals surface area contributed by atoms with Crippen molar-refractivity contribution >= 4 is 34.1 Å². The van der Waals surface area contributed by atoms with Gasteiger partial charge in [-0.15, -0.1) is 0 Å². The molecule has 2 aromatic carbocycles. The zero-order valence-corrected chi connectivity index (χ0v) is 20.9. The van der Waals surface area contributed by atoms with Crippen LogP contribution in [0.5, 0.6) is 5.88 Å². The van der Waals surface area contributed by atoms with Crippen molar-refractivity contribution in [3.05, 3.63) is 102 Å². The average Bonchev–Trinajstić information content (AvgIpc) is 3.32. The summed E-state index contributed by atoms with van der Waals surface area (Å²) in [5, 5.41) is 0. The van der Waals surface area contributed by atoms with Crippen LogP contribution in [-0.4, -0.2) is 39.4 Å². The van der Waals surface area contributed by atoms with E-state index in [1.807, 2.05) is 73.4 Å². The molecule has 5 aromatic rings. The van der Waals surface area contributed by atoms with E-state index in [-0.39, 0.29) is 0 Å². The van der Waals surface area contributed by atoms with Gasteiger partial charge in [-0.3, -0.25) is 0 Å². The fraction of sp³-hybridized carbons (Fsp3) is 0.172. The molecular weight excluding hydrogens is 448 g/mol. The van der Waals surface area contributed by atoms with Gasteiger partial charge in [0.2, 0.25) is 5.88 Å². The van der Waals surface area contributed by atoms with Gasteiger partial charge in [-0.25, -0.2) is 19.9 Å². The molecule has 0 aliphatic carbocycles. The Morgan fingerprint density at radius 2 is 1.64 bits per heavy atom. The van der Waals surface area contributed by atoms with Gasteiger partial charge in [0, 0.05) is 43.6 Å². The maximum atomic E-state index is 5.40. The number of ether oxygens (including phenoxy) is 1. The van der Waals surface area contributed by atoms with Crippen molar-refractivity contribution in [2.45, 2.75) is 13.3 Å². The lowest BCUT2D eigenvalue weighted by Gasteiger charge is -2.22. The smallest absolute Gasteiger partial charge is 0.215 e. The van der Waals surface area contributed by atoms with Gasteiger partial charge in [-0.05, 0) is 12.0 Å². The maximum absolute atomic E-state index is 5.40. The molecule has 5 rings (SSSR count). The zero-order chi connectivity index (χ0) is 25.1. The van der Waals surface area contributed by atoms with E-state index in [9.17, 15) is 0 Å². The predicted octanol–water partition coefficient (Wildman–Crippen LogP) is 5.87. The normalized spacial score (nSPS) is 10.9. The minimum Gasteiger partial charge on any atom is -0.481 e. The minimum atomic E-state index is 0.560. The van der Waals surface area contributed by atoms with Crippen LogP contribution in [0.1, 0.15) is 23.6 Å². The van der Waals surface area contributed by atoms with Gasteiger partial charge in [0.15, 0.2) is 5.82 Å². The Balaban J connectivity index is 1.71. The van der Waals surface area contributed by atoms with Gasteiger partial charge in [0.05, 0.1) is 30.4 Å². The van der Waals surface area contributed by atoms with Gasteiger partial charge in [-0.2, -0.15) is 0 Å². The summed E-state index contributed by atoms with van der Waals surface area (Å²) in [6, 6.07) is 24.3. The summed E-state index contributed by atoms with van der Waals surface area (Å²) in [4.78, 5) is 21.2. The Morgan fingerprint density at radius 1 is 0.972 bits per heavy atom. The number of hydrogen-bond donors (Lipinski definition) is 0. The number of aromatic nitrogens is 4. The number of methoxy groups -OCH3 is 1. The molecule has 36 heavy (non-hydrogen) atoms. The Morgan fingerprint density at radius 3 is 2.25 bits per heavy atom. The number of pyridine rings is 2. The van der Waals surface area contributed by atoms with Crippen LogP contribution in [0, 0.1) is 0 Å². The van der Waals surface area contributed by atoms with Crippen molar-refractivity contribution in [1.82, 2.24) is 19.5 Å². The largest absolute Gasteiger partial charge is 0.481 e. The Kier molecular flexibility index (Phi) is 6.45. The summed E-state index contributed by atoms with van der Waals surface area (Å²) < 4.78 is 7.39. The minimum absolute atomic E-state index is 0.560. The first-order valence-electron chi connectivity index (χ1n) is 11.9. The third-order valence-corrected chi connectivity index (χ3v) is 6.22. The van der Waals surface area contributed by atoms with Crippen LogP contribution in [0.25, 0.3) is 11.0 Å². The van der Waals surface area contributed by atoms with Crippen molar-refractivity contribution in [1.29, 1.82) is 0 Å². The van der Waals surface area contributed by atoms with Gasteiger partial charge >= 0.3 is 0 Å². The number of aryl methyl sites for hydroxylation is 2. The van der Waals surface area contributed by atoms with E-state index in [0.29, 0.717) is 11.7 Å². The first-order chi connectivity index (χ1) is 17.6. The van der Waals surface area contributed by atoms with Crippen LogP contribution in [0.2, 0.25) is 0 Å². The molecule has 180 valence electrons. The van der Waals surface area contributed by atoms with Crippen LogP contribution >= 0.6 is 0 Å². The molecule has 0 fully saturated rings. The molecule has 0 atom stereocenters. The Labute approximate surface area is 210 Å². The number of anilines is 2. The number of rotatable bonds is 7. The monoisotopic (exact) mass is 476 g/mol. The molecule has 3 aromatic heterocycles. The van der Waals surface area contributed by atoms with Gasteiger partial charge in [-0.1, -0.05) is 67.6 Å². The molecule has 0 amide bonds. The summed E-state index contributed by atoms with van der Waals surface area (Å²) >= 11 is 0. The maximum Gasteiger partial charge on any atom is 0.215 e. The molecule has 0 spiro atoms. The van der Waals surface area contributed by atoms with Crippen LogP contribution in [-0.2, 0) is 13.5 Å². The molecule has 7 heteroatoms. The predicted molar refractivity (Wildman–Crippen MR) is 145 cm³/mol. The van der Waals surface area contributed by atoms with Crippen molar-refractivity contribution in [3.8, 4) is 5.88 Å². The van der Waals surface area contributed by atoms with E-state index in [1.165, 1.54) is 0 Å². The van der Waals surface area contributed by atoms with E-state index >= 15 is 0 Å². The van der Waals surface area contributed by atoms with Gasteiger partial charge < -0.3 is 14.2 Å². The summed E-state index contributed by atoms with van der Waals surface area (Å²) in [6.45, 7) is 2.11. The number of benzene rings is 2. The molecule has 0 aliphatic rings. The molecule has 7 nitrogen and oxygen atoms in total. The lowest BCUT2D eigenvalue weighted by molar-refractivity contribution is 0.398. The van der Waals surface area contributed by atoms with Crippen molar-refractivity contribution < 1.29 is 4.74 Å². The lowest BCUT2D eigenvalue weighted by Crippen LogP contribution is -2.14. The summed E-state index contributed by atoms with van der Waals surface area (Å²) in [5.41, 5.74) is 6.66. The fourth-order valence-electron chi connectivity index (χ4n) is 4.22. The molecule has 0 aliphatic heterocycles. The average molecular weight is 477 g/mol. The number of fused-ring (bicyclic) bond motifs is 1. The number of imidazole rings is 1. The molecule has 0 saturated carbocycles. The van der Waals surface area contributed by atoms with E-state index in [4.69, 9.17) is 14.7 Å². The first-order valence-corrected chi connectivity index (χ1v) is 11.9. The summed E-state index contributed by atoms with van der Waals surface area (Å²) in [7, 11) is 5.61. The van der Waals surface area contributed by atoms with E-state index < -0.39 is 0 Å². The van der Waals surface area contributed by atoms with Gasteiger partial charge in [0.25, 0.3) is 0 Å². The number of nitrogens with zero attached hydrogens (tertiary/aromatic N) is 6. The SMILES string of the molecule is CCc1cnc(OC)cc1N(C)c1cc2c(ncn2C)c(N=C(c2ccccc2)c2ccccc2)n1. The molecule has 0 N–H and O–H groups in total. The second kappa shape index (κ2) is 10.00. The molecular formula is C29H28N6O. The summed E-state index contributed by atoms with van der Waals surface area (Å²) in [6.07, 6.45) is 4.49. The highest BCUT2D eigenvalue weighted by atomic mass is 16.5. The third kappa shape index (κ3) is 4.43. The fourth-order valence-corrected chi connectivity index (χ4v) is 4.22. The highest BCUT2D eigenvalue weighted by molar-refractivity contribution is 6.14. The zero-order valence-electron chi connectivity index (χ0n) is 20.9. The second-order valence-electron chi connectivity index (χ2n) is 8.49. The van der Waals surface area contributed by atoms with Crippen LogP contribution in [0.15, 0.2) is 90.3 Å². The molecule has 0 bridgehead atoms.